The quantitative estimate of drug-likeness (QED) is 0.846. The van der Waals surface area contributed by atoms with Gasteiger partial charge in [-0.15, -0.1) is 11.8 Å². The molecule has 2 amide bonds. The van der Waals surface area contributed by atoms with Gasteiger partial charge in [0.25, 0.3) is 0 Å². The van der Waals surface area contributed by atoms with Crippen LogP contribution < -0.4 is 16.0 Å². The van der Waals surface area contributed by atoms with Gasteiger partial charge >= 0.3 is 6.09 Å². The SMILES string of the molecule is NC1CN(CC2CN(c3ccc4c(c3)NC(=O)CS4)C(=O)O2)C1. The first kappa shape index (κ1) is 14.8. The molecule has 1 unspecified atom stereocenters. The fourth-order valence-electron chi connectivity index (χ4n) is 3.11. The van der Waals surface area contributed by atoms with Gasteiger partial charge < -0.3 is 15.8 Å². The van der Waals surface area contributed by atoms with E-state index in [4.69, 9.17) is 10.5 Å². The number of nitrogens with one attached hydrogen (secondary N) is 1. The molecule has 3 aliphatic rings. The molecule has 2 fully saturated rings. The van der Waals surface area contributed by atoms with Crippen LogP contribution in [0, 0.1) is 0 Å². The second kappa shape index (κ2) is 5.70. The van der Waals surface area contributed by atoms with Crippen molar-refractivity contribution in [1.82, 2.24) is 4.90 Å². The summed E-state index contributed by atoms with van der Waals surface area (Å²) in [6.07, 6.45) is -0.482. The molecule has 7 nitrogen and oxygen atoms in total. The molecule has 3 aliphatic heterocycles. The summed E-state index contributed by atoms with van der Waals surface area (Å²) in [6.45, 7) is 2.95. The summed E-state index contributed by atoms with van der Waals surface area (Å²) >= 11 is 1.50. The predicted octanol–water partition coefficient (Wildman–Crippen LogP) is 0.699. The molecule has 0 bridgehead atoms. The molecule has 2 saturated heterocycles. The molecule has 8 heteroatoms. The van der Waals surface area contributed by atoms with E-state index in [-0.39, 0.29) is 24.1 Å². The van der Waals surface area contributed by atoms with E-state index in [0.717, 1.165) is 29.4 Å². The molecule has 0 saturated carbocycles. The van der Waals surface area contributed by atoms with E-state index in [0.29, 0.717) is 18.8 Å². The predicted molar refractivity (Wildman–Crippen MR) is 87.8 cm³/mol. The number of thioether (sulfide) groups is 1. The minimum absolute atomic E-state index is 0.0179. The molecule has 1 aromatic carbocycles. The zero-order valence-corrected chi connectivity index (χ0v) is 13.3. The molecule has 3 N–H and O–H groups in total. The van der Waals surface area contributed by atoms with Gasteiger partial charge in [-0.05, 0) is 18.2 Å². The molecule has 1 atom stereocenters. The summed E-state index contributed by atoms with van der Waals surface area (Å²) in [7, 11) is 0. The van der Waals surface area contributed by atoms with Crippen LogP contribution >= 0.6 is 11.8 Å². The van der Waals surface area contributed by atoms with Crippen molar-refractivity contribution in [3.8, 4) is 0 Å². The van der Waals surface area contributed by atoms with Crippen molar-refractivity contribution < 1.29 is 14.3 Å². The Morgan fingerprint density at radius 2 is 2.13 bits per heavy atom. The number of anilines is 2. The van der Waals surface area contributed by atoms with Crippen LogP contribution in [0.4, 0.5) is 16.2 Å². The fraction of sp³-hybridized carbons (Fsp3) is 0.467. The summed E-state index contributed by atoms with van der Waals surface area (Å²) in [6, 6.07) is 5.91. The van der Waals surface area contributed by atoms with Gasteiger partial charge in [-0.1, -0.05) is 0 Å². The monoisotopic (exact) mass is 334 g/mol. The van der Waals surface area contributed by atoms with E-state index >= 15 is 0 Å². The van der Waals surface area contributed by atoms with Crippen molar-refractivity contribution >= 4 is 35.1 Å². The highest BCUT2D eigenvalue weighted by atomic mass is 32.2. The van der Waals surface area contributed by atoms with Crippen LogP contribution in [0.5, 0.6) is 0 Å². The average molecular weight is 334 g/mol. The Hall–Kier alpha value is -1.77. The molecule has 122 valence electrons. The number of likely N-dealkylation sites (tertiary alicyclic amines) is 1. The smallest absolute Gasteiger partial charge is 0.414 e. The maximum absolute atomic E-state index is 12.1. The van der Waals surface area contributed by atoms with Crippen LogP contribution in [0.2, 0.25) is 0 Å². The lowest BCUT2D eigenvalue weighted by Crippen LogP contribution is -2.57. The number of nitrogens with zero attached hydrogens (tertiary/aromatic N) is 2. The molecular weight excluding hydrogens is 316 g/mol. The third-order valence-corrected chi connectivity index (χ3v) is 5.30. The van der Waals surface area contributed by atoms with E-state index in [1.165, 1.54) is 11.8 Å². The summed E-state index contributed by atoms with van der Waals surface area (Å²) in [5.41, 5.74) is 7.28. The lowest BCUT2D eigenvalue weighted by molar-refractivity contribution is -0.113. The first-order valence-corrected chi connectivity index (χ1v) is 8.60. The Morgan fingerprint density at radius 3 is 2.91 bits per heavy atom. The molecule has 1 aromatic rings. The number of hydrogen-bond donors (Lipinski definition) is 2. The van der Waals surface area contributed by atoms with Gasteiger partial charge in [0.15, 0.2) is 0 Å². The van der Waals surface area contributed by atoms with Crippen molar-refractivity contribution in [2.24, 2.45) is 5.73 Å². The highest BCUT2D eigenvalue weighted by molar-refractivity contribution is 8.00. The number of amides is 2. The van der Waals surface area contributed by atoms with Crippen LogP contribution in [0.3, 0.4) is 0 Å². The third kappa shape index (κ3) is 2.89. The van der Waals surface area contributed by atoms with Crippen molar-refractivity contribution in [3.05, 3.63) is 18.2 Å². The van der Waals surface area contributed by atoms with Crippen molar-refractivity contribution in [1.29, 1.82) is 0 Å². The number of benzene rings is 1. The highest BCUT2D eigenvalue weighted by Crippen LogP contribution is 2.35. The van der Waals surface area contributed by atoms with Gasteiger partial charge in [0.2, 0.25) is 5.91 Å². The zero-order chi connectivity index (χ0) is 16.0. The maximum atomic E-state index is 12.1. The first-order chi connectivity index (χ1) is 11.1. The Labute approximate surface area is 138 Å². The molecule has 0 aromatic heterocycles. The van der Waals surface area contributed by atoms with Gasteiger partial charge in [0.05, 0.1) is 18.0 Å². The van der Waals surface area contributed by atoms with Crippen LogP contribution in [-0.2, 0) is 9.53 Å². The minimum Gasteiger partial charge on any atom is -0.443 e. The van der Waals surface area contributed by atoms with E-state index in [2.05, 4.69) is 10.2 Å². The average Bonchev–Trinajstić information content (AvgIpc) is 2.85. The lowest BCUT2D eigenvalue weighted by atomic mass is 10.1. The molecule has 0 spiro atoms. The Kier molecular flexibility index (Phi) is 3.67. The Morgan fingerprint density at radius 1 is 1.30 bits per heavy atom. The zero-order valence-electron chi connectivity index (χ0n) is 12.5. The maximum Gasteiger partial charge on any atom is 0.414 e. The van der Waals surface area contributed by atoms with E-state index in [1.54, 1.807) is 4.90 Å². The van der Waals surface area contributed by atoms with Crippen molar-refractivity contribution in [3.63, 3.8) is 0 Å². The summed E-state index contributed by atoms with van der Waals surface area (Å²) < 4.78 is 5.45. The first-order valence-electron chi connectivity index (χ1n) is 7.61. The van der Waals surface area contributed by atoms with E-state index < -0.39 is 0 Å². The van der Waals surface area contributed by atoms with Gasteiger partial charge in [-0.2, -0.15) is 0 Å². The largest absolute Gasteiger partial charge is 0.443 e. The van der Waals surface area contributed by atoms with E-state index in [9.17, 15) is 9.59 Å². The molecular formula is C15H18N4O3S. The van der Waals surface area contributed by atoms with Crippen LogP contribution in [0.15, 0.2) is 23.1 Å². The van der Waals surface area contributed by atoms with Crippen LogP contribution in [0.25, 0.3) is 0 Å². The van der Waals surface area contributed by atoms with Crippen LogP contribution in [0.1, 0.15) is 0 Å². The number of hydrogen-bond acceptors (Lipinski definition) is 6. The number of carbonyl (C=O) groups excluding carboxylic acids is 2. The number of carbonyl (C=O) groups is 2. The minimum atomic E-state index is -0.338. The third-order valence-electron chi connectivity index (χ3n) is 4.23. The molecule has 3 heterocycles. The molecule has 0 radical (unpaired) electrons. The summed E-state index contributed by atoms with van der Waals surface area (Å²) in [4.78, 5) is 28.5. The molecule has 0 aliphatic carbocycles. The normalized spacial score (nSPS) is 24.9. The van der Waals surface area contributed by atoms with Crippen LogP contribution in [-0.4, -0.2) is 61.0 Å². The lowest BCUT2D eigenvalue weighted by Gasteiger charge is -2.37. The topological polar surface area (TPSA) is 87.9 Å². The fourth-order valence-corrected chi connectivity index (χ4v) is 3.90. The Balaban J connectivity index is 1.46. The second-order valence-corrected chi connectivity index (χ2v) is 7.13. The summed E-state index contributed by atoms with van der Waals surface area (Å²) in [5.74, 6) is 0.411. The van der Waals surface area contributed by atoms with Gasteiger partial charge in [0, 0.05) is 36.3 Å². The van der Waals surface area contributed by atoms with Gasteiger partial charge in [0.1, 0.15) is 6.10 Å². The molecule has 23 heavy (non-hydrogen) atoms. The van der Waals surface area contributed by atoms with Gasteiger partial charge in [-0.3, -0.25) is 14.6 Å². The number of nitrogens with two attached hydrogens (primary N) is 1. The standard InChI is InChI=1S/C15H18N4O3S/c16-9-4-18(5-9)6-11-7-19(15(21)22-11)10-1-2-13-12(3-10)17-14(20)8-23-13/h1-3,9,11H,4-8,16H2,(H,17,20). The summed E-state index contributed by atoms with van der Waals surface area (Å²) in [5, 5.41) is 2.84. The van der Waals surface area contributed by atoms with Crippen molar-refractivity contribution in [2.45, 2.75) is 17.0 Å². The number of cyclic esters (lactones) is 1. The Bertz CT molecular complexity index is 662. The van der Waals surface area contributed by atoms with E-state index in [1.807, 2.05) is 18.2 Å². The number of ether oxygens (including phenoxy) is 1. The second-order valence-electron chi connectivity index (χ2n) is 6.11. The molecule has 4 rings (SSSR count). The number of rotatable bonds is 3. The van der Waals surface area contributed by atoms with Gasteiger partial charge in [-0.25, -0.2) is 4.79 Å². The number of fused-ring (bicyclic) bond motifs is 1. The van der Waals surface area contributed by atoms with Crippen molar-refractivity contribution in [2.75, 3.05) is 42.1 Å². The highest BCUT2D eigenvalue weighted by Gasteiger charge is 2.36.